The molecule has 0 aromatic carbocycles. The average Bonchev–Trinajstić information content (AvgIpc) is 3.05. The van der Waals surface area contributed by atoms with Gasteiger partial charge in [0.15, 0.2) is 5.78 Å². The Morgan fingerprint density at radius 1 is 1.06 bits per heavy atom. The first kappa shape index (κ1) is 28.2. The Morgan fingerprint density at radius 2 is 1.69 bits per heavy atom. The van der Waals surface area contributed by atoms with Crippen LogP contribution in [0.4, 0.5) is 0 Å². The van der Waals surface area contributed by atoms with Gasteiger partial charge in [0.2, 0.25) is 0 Å². The molecule has 7 heteroatoms. The number of allylic oxidation sites excluding steroid dienone is 1. The molecule has 4 aliphatic rings. The van der Waals surface area contributed by atoms with E-state index in [0.717, 1.165) is 0 Å². The van der Waals surface area contributed by atoms with Crippen molar-refractivity contribution in [3.63, 3.8) is 0 Å². The fourth-order valence-corrected chi connectivity index (χ4v) is 9.06. The van der Waals surface area contributed by atoms with Crippen LogP contribution >= 0.6 is 0 Å². The first-order valence-electron chi connectivity index (χ1n) is 13.9. The number of fused-ring (bicyclic) bond motifs is 5. The van der Waals surface area contributed by atoms with Crippen LogP contribution in [0, 0.1) is 40.4 Å². The van der Waals surface area contributed by atoms with Crippen molar-refractivity contribution < 1.29 is 35.4 Å². The maximum Gasteiger partial charge on any atom is 0.159 e. The smallest absolute Gasteiger partial charge is 0.159 e. The standard InChI is InChI=1S/C29H48O7/c1-15(2)17(16(3)30)11-25(34)28(6,35)24-8-10-29(36)19-12-21(31)20-13-22(32)23(33)14-26(20,4)18(19)7-9-27(24,29)5/h12,15-18,20,22-25,30,32-36H,7-11,13-14H2,1-6H3/t16-,17-,18+,20+,22-,23+,24+,25-,26-,27-,28-,29-/m1/s1. The van der Waals surface area contributed by atoms with E-state index in [4.69, 9.17) is 0 Å². The Hall–Kier alpha value is -0.830. The molecule has 12 atom stereocenters. The molecule has 0 spiro atoms. The second kappa shape index (κ2) is 9.13. The van der Waals surface area contributed by atoms with E-state index < -0.39 is 52.4 Å². The lowest BCUT2D eigenvalue weighted by molar-refractivity contribution is -0.179. The van der Waals surface area contributed by atoms with E-state index in [1.165, 1.54) is 0 Å². The fraction of sp³-hybridized carbons (Fsp3) is 0.897. The topological polar surface area (TPSA) is 138 Å². The number of carbonyl (C=O) groups is 1. The molecular formula is C29H48O7. The number of aliphatic hydroxyl groups is 6. The molecule has 0 radical (unpaired) electrons. The molecule has 36 heavy (non-hydrogen) atoms. The predicted octanol–water partition coefficient (Wildman–Crippen LogP) is 2.35. The summed E-state index contributed by atoms with van der Waals surface area (Å²) >= 11 is 0. The van der Waals surface area contributed by atoms with Crippen LogP contribution in [-0.2, 0) is 4.79 Å². The van der Waals surface area contributed by atoms with Crippen molar-refractivity contribution in [2.24, 2.45) is 40.4 Å². The monoisotopic (exact) mass is 508 g/mol. The highest BCUT2D eigenvalue weighted by atomic mass is 16.3. The normalized spacial score (nSPS) is 46.8. The molecule has 206 valence electrons. The predicted molar refractivity (Wildman–Crippen MR) is 136 cm³/mol. The lowest BCUT2D eigenvalue weighted by atomic mass is 9.45. The van der Waals surface area contributed by atoms with Gasteiger partial charge in [0, 0.05) is 11.3 Å². The third-order valence-electron chi connectivity index (χ3n) is 11.5. The van der Waals surface area contributed by atoms with E-state index in [9.17, 15) is 35.4 Å². The Kier molecular flexibility index (Phi) is 7.15. The van der Waals surface area contributed by atoms with Crippen LogP contribution in [0.3, 0.4) is 0 Å². The largest absolute Gasteiger partial charge is 0.393 e. The summed E-state index contributed by atoms with van der Waals surface area (Å²) in [7, 11) is 0. The number of carbonyl (C=O) groups excluding carboxylic acids is 1. The van der Waals surface area contributed by atoms with Crippen LogP contribution in [0.25, 0.3) is 0 Å². The highest BCUT2D eigenvalue weighted by Gasteiger charge is 2.69. The van der Waals surface area contributed by atoms with Crippen LogP contribution in [0.1, 0.15) is 86.5 Å². The summed E-state index contributed by atoms with van der Waals surface area (Å²) in [5, 5.41) is 66.3. The molecule has 4 aliphatic carbocycles. The van der Waals surface area contributed by atoms with Crippen molar-refractivity contribution in [2.75, 3.05) is 0 Å². The third kappa shape index (κ3) is 3.95. The molecule has 3 fully saturated rings. The SMILES string of the molecule is CC(C)[C@@H](C[C@@H](O)[C@](C)(O)[C@H]1CC[C@@]2(O)C3=CC(=O)[C@@H]4C[C@@H](O)[C@@H](O)C[C@]4(C)[C@H]3CC[C@]12C)[C@@H](C)O. The lowest BCUT2D eigenvalue weighted by Crippen LogP contribution is -2.63. The molecule has 0 saturated heterocycles. The number of aliphatic hydroxyl groups excluding tert-OH is 4. The molecule has 3 saturated carbocycles. The van der Waals surface area contributed by atoms with E-state index in [1.807, 2.05) is 27.7 Å². The van der Waals surface area contributed by atoms with Gasteiger partial charge in [-0.3, -0.25) is 4.79 Å². The molecule has 0 bridgehead atoms. The van der Waals surface area contributed by atoms with Gasteiger partial charge in [0.1, 0.15) is 0 Å². The molecular weight excluding hydrogens is 460 g/mol. The summed E-state index contributed by atoms with van der Waals surface area (Å²) in [5.41, 5.74) is -3.35. The van der Waals surface area contributed by atoms with E-state index in [0.29, 0.717) is 37.7 Å². The van der Waals surface area contributed by atoms with E-state index >= 15 is 0 Å². The van der Waals surface area contributed by atoms with Crippen molar-refractivity contribution in [3.8, 4) is 0 Å². The van der Waals surface area contributed by atoms with Crippen molar-refractivity contribution in [3.05, 3.63) is 11.6 Å². The van der Waals surface area contributed by atoms with Gasteiger partial charge in [-0.15, -0.1) is 0 Å². The van der Waals surface area contributed by atoms with Gasteiger partial charge in [-0.2, -0.15) is 0 Å². The molecule has 4 rings (SSSR count). The molecule has 0 aliphatic heterocycles. The highest BCUT2D eigenvalue weighted by Crippen LogP contribution is 2.68. The van der Waals surface area contributed by atoms with Gasteiger partial charge in [-0.05, 0) is 99.5 Å². The second-order valence-electron chi connectivity index (χ2n) is 13.7. The van der Waals surface area contributed by atoms with Gasteiger partial charge in [-0.1, -0.05) is 27.7 Å². The van der Waals surface area contributed by atoms with Crippen LogP contribution in [0.15, 0.2) is 11.6 Å². The van der Waals surface area contributed by atoms with E-state index in [-0.39, 0.29) is 42.3 Å². The zero-order valence-electron chi connectivity index (χ0n) is 22.8. The second-order valence-corrected chi connectivity index (χ2v) is 13.7. The van der Waals surface area contributed by atoms with Crippen LogP contribution in [-0.4, -0.2) is 72.0 Å². The van der Waals surface area contributed by atoms with Gasteiger partial charge in [0.05, 0.1) is 35.6 Å². The molecule has 6 N–H and O–H groups in total. The zero-order valence-corrected chi connectivity index (χ0v) is 22.8. The Labute approximate surface area is 215 Å². The highest BCUT2D eigenvalue weighted by molar-refractivity contribution is 5.95. The van der Waals surface area contributed by atoms with E-state index in [2.05, 4.69) is 0 Å². The minimum atomic E-state index is -1.48. The Morgan fingerprint density at radius 3 is 2.28 bits per heavy atom. The molecule has 0 amide bonds. The summed E-state index contributed by atoms with van der Waals surface area (Å²) in [4.78, 5) is 13.3. The van der Waals surface area contributed by atoms with Gasteiger partial charge in [-0.25, -0.2) is 0 Å². The fourth-order valence-electron chi connectivity index (χ4n) is 9.06. The average molecular weight is 509 g/mol. The molecule has 7 nitrogen and oxygen atoms in total. The van der Waals surface area contributed by atoms with Crippen LogP contribution in [0.2, 0.25) is 0 Å². The summed E-state index contributed by atoms with van der Waals surface area (Å²) in [6.07, 6.45) is 1.16. The first-order valence-corrected chi connectivity index (χ1v) is 13.9. The summed E-state index contributed by atoms with van der Waals surface area (Å²) in [5.74, 6) is -0.993. The number of hydrogen-bond acceptors (Lipinski definition) is 7. The van der Waals surface area contributed by atoms with E-state index in [1.54, 1.807) is 19.9 Å². The van der Waals surface area contributed by atoms with Gasteiger partial charge in [0.25, 0.3) is 0 Å². The Bertz CT molecular complexity index is 888. The van der Waals surface area contributed by atoms with Gasteiger partial charge >= 0.3 is 0 Å². The molecule has 0 aromatic heterocycles. The van der Waals surface area contributed by atoms with Crippen LogP contribution < -0.4 is 0 Å². The number of hydrogen-bond donors (Lipinski definition) is 6. The third-order valence-corrected chi connectivity index (χ3v) is 11.5. The lowest BCUT2D eigenvalue weighted by Gasteiger charge is -2.60. The summed E-state index contributed by atoms with van der Waals surface area (Å²) in [6, 6.07) is 0. The minimum absolute atomic E-state index is 0.0883. The quantitative estimate of drug-likeness (QED) is 0.324. The maximum atomic E-state index is 13.3. The molecule has 0 heterocycles. The number of rotatable bonds is 6. The van der Waals surface area contributed by atoms with Crippen molar-refractivity contribution in [1.82, 2.24) is 0 Å². The van der Waals surface area contributed by atoms with Crippen molar-refractivity contribution in [1.29, 1.82) is 0 Å². The van der Waals surface area contributed by atoms with Crippen molar-refractivity contribution in [2.45, 2.75) is 122 Å². The molecule has 0 unspecified atom stereocenters. The van der Waals surface area contributed by atoms with Gasteiger partial charge < -0.3 is 30.6 Å². The van der Waals surface area contributed by atoms with Crippen molar-refractivity contribution >= 4 is 5.78 Å². The number of ketones is 1. The summed E-state index contributed by atoms with van der Waals surface area (Å²) < 4.78 is 0. The Balaban J connectivity index is 1.66. The van der Waals surface area contributed by atoms with Crippen LogP contribution in [0.5, 0.6) is 0 Å². The summed E-state index contributed by atoms with van der Waals surface area (Å²) in [6.45, 7) is 11.4. The molecule has 0 aromatic rings. The maximum absolute atomic E-state index is 13.3. The first-order chi connectivity index (χ1) is 16.5. The minimum Gasteiger partial charge on any atom is -0.393 e. The zero-order chi connectivity index (χ0) is 27.0.